The molecule has 1 N–H and O–H groups in total. The van der Waals surface area contributed by atoms with Crippen molar-refractivity contribution < 1.29 is 4.79 Å². The Hall–Kier alpha value is -2.67. The molecule has 5 rings (SSSR count). The standard InChI is InChI=1S/C26H33N5OS/c1-4-6-22-28-24(23-20-10-9-18(3)16-21(20)33-25(23)29-22)30-11-13-31(14-12-30)26(32)27-19-8-5-7-17(2)15-19/h5,7-8,15,18H,4,6,9-14,16H2,1-3H3,(H,27,32). The van der Waals surface area contributed by atoms with Crippen LogP contribution in [0.1, 0.15) is 48.5 Å². The Morgan fingerprint density at radius 3 is 2.79 bits per heavy atom. The van der Waals surface area contributed by atoms with Gasteiger partial charge >= 0.3 is 6.03 Å². The number of carbonyl (C=O) groups excluding carboxylic acids is 1. The van der Waals surface area contributed by atoms with Crippen molar-refractivity contribution in [1.29, 1.82) is 0 Å². The molecule has 1 aliphatic carbocycles. The smallest absolute Gasteiger partial charge is 0.321 e. The van der Waals surface area contributed by atoms with Gasteiger partial charge in [-0.3, -0.25) is 0 Å². The molecule has 6 nitrogen and oxygen atoms in total. The van der Waals surface area contributed by atoms with E-state index in [1.807, 2.05) is 47.4 Å². The van der Waals surface area contributed by atoms with Gasteiger partial charge in [-0.15, -0.1) is 11.3 Å². The minimum Gasteiger partial charge on any atom is -0.352 e. The van der Waals surface area contributed by atoms with E-state index in [2.05, 4.69) is 24.1 Å². The summed E-state index contributed by atoms with van der Waals surface area (Å²) >= 11 is 1.88. The highest BCUT2D eigenvalue weighted by Gasteiger charge is 2.28. The SMILES string of the molecule is CCCc1nc(N2CCN(C(=O)Nc3cccc(C)c3)CC2)c2c3c(sc2n1)CC(C)CC3. The van der Waals surface area contributed by atoms with Crippen LogP contribution in [0.5, 0.6) is 0 Å². The van der Waals surface area contributed by atoms with Gasteiger partial charge in [-0.25, -0.2) is 14.8 Å². The van der Waals surface area contributed by atoms with Crippen LogP contribution in [0.15, 0.2) is 24.3 Å². The van der Waals surface area contributed by atoms with Gasteiger partial charge in [0.15, 0.2) is 0 Å². The number of nitrogens with one attached hydrogen (secondary N) is 1. The zero-order chi connectivity index (χ0) is 22.9. The molecule has 1 saturated heterocycles. The van der Waals surface area contributed by atoms with E-state index in [-0.39, 0.29) is 6.03 Å². The molecule has 1 atom stereocenters. The van der Waals surface area contributed by atoms with Crippen LogP contribution >= 0.6 is 11.3 Å². The molecule has 0 saturated carbocycles. The van der Waals surface area contributed by atoms with Gasteiger partial charge in [0.05, 0.1) is 5.39 Å². The molecule has 1 aromatic carbocycles. The first-order chi connectivity index (χ1) is 16.0. The molecular formula is C26H33N5OS. The van der Waals surface area contributed by atoms with Gasteiger partial charge in [-0.2, -0.15) is 0 Å². The number of aryl methyl sites for hydroxylation is 3. The van der Waals surface area contributed by atoms with Crippen molar-refractivity contribution in [3.63, 3.8) is 0 Å². The number of urea groups is 1. The van der Waals surface area contributed by atoms with Crippen LogP contribution in [0, 0.1) is 12.8 Å². The minimum atomic E-state index is -0.0262. The minimum absolute atomic E-state index is 0.0262. The van der Waals surface area contributed by atoms with Crippen molar-refractivity contribution in [2.45, 2.75) is 52.9 Å². The van der Waals surface area contributed by atoms with Crippen molar-refractivity contribution in [3.05, 3.63) is 46.1 Å². The number of benzene rings is 1. The Morgan fingerprint density at radius 1 is 1.21 bits per heavy atom. The number of rotatable bonds is 4. The van der Waals surface area contributed by atoms with E-state index < -0.39 is 0 Å². The van der Waals surface area contributed by atoms with Crippen molar-refractivity contribution in [1.82, 2.24) is 14.9 Å². The van der Waals surface area contributed by atoms with Crippen molar-refractivity contribution in [2.75, 3.05) is 36.4 Å². The lowest BCUT2D eigenvalue weighted by molar-refractivity contribution is 0.208. The summed E-state index contributed by atoms with van der Waals surface area (Å²) in [7, 11) is 0. The molecule has 2 amide bonds. The first-order valence-electron chi connectivity index (χ1n) is 12.2. The molecule has 3 aromatic rings. The van der Waals surface area contributed by atoms with Gasteiger partial charge in [0.2, 0.25) is 0 Å². The van der Waals surface area contributed by atoms with E-state index in [0.717, 1.165) is 72.4 Å². The molecule has 174 valence electrons. The summed E-state index contributed by atoms with van der Waals surface area (Å²) in [6, 6.07) is 7.92. The third-order valence-electron chi connectivity index (χ3n) is 6.79. The zero-order valence-corrected chi connectivity index (χ0v) is 20.7. The van der Waals surface area contributed by atoms with Crippen LogP contribution in [0.3, 0.4) is 0 Å². The number of anilines is 2. The lowest BCUT2D eigenvalue weighted by Gasteiger charge is -2.36. The Labute approximate surface area is 200 Å². The first-order valence-corrected chi connectivity index (χ1v) is 13.0. The maximum atomic E-state index is 12.8. The van der Waals surface area contributed by atoms with Gasteiger partial charge in [-0.05, 0) is 61.8 Å². The Balaban J connectivity index is 1.37. The third kappa shape index (κ3) is 4.56. The molecule has 0 spiro atoms. The largest absolute Gasteiger partial charge is 0.352 e. The maximum Gasteiger partial charge on any atom is 0.321 e. The Bertz CT molecular complexity index is 1160. The summed E-state index contributed by atoms with van der Waals surface area (Å²) in [5, 5.41) is 4.33. The number of piperazine rings is 1. The van der Waals surface area contributed by atoms with Crippen LogP contribution < -0.4 is 10.2 Å². The van der Waals surface area contributed by atoms with E-state index in [1.54, 1.807) is 0 Å². The number of hydrogen-bond acceptors (Lipinski definition) is 5. The third-order valence-corrected chi connectivity index (χ3v) is 7.94. The van der Waals surface area contributed by atoms with Crippen molar-refractivity contribution >= 4 is 39.1 Å². The van der Waals surface area contributed by atoms with E-state index in [9.17, 15) is 4.79 Å². The van der Waals surface area contributed by atoms with Crippen LogP contribution in [0.4, 0.5) is 16.3 Å². The number of carbonyl (C=O) groups is 1. The fraction of sp³-hybridized carbons (Fsp3) is 0.500. The molecule has 0 radical (unpaired) electrons. The van der Waals surface area contributed by atoms with Crippen LogP contribution in [0.2, 0.25) is 0 Å². The van der Waals surface area contributed by atoms with Crippen molar-refractivity contribution in [2.24, 2.45) is 5.92 Å². The molecule has 1 unspecified atom stereocenters. The number of amides is 2. The van der Waals surface area contributed by atoms with Crippen LogP contribution in [-0.4, -0.2) is 47.1 Å². The fourth-order valence-electron chi connectivity index (χ4n) is 4.98. The van der Waals surface area contributed by atoms with E-state index in [0.29, 0.717) is 13.1 Å². The maximum absolute atomic E-state index is 12.8. The highest BCUT2D eigenvalue weighted by atomic mass is 32.1. The highest BCUT2D eigenvalue weighted by Crippen LogP contribution is 2.41. The highest BCUT2D eigenvalue weighted by molar-refractivity contribution is 7.19. The second kappa shape index (κ2) is 9.29. The topological polar surface area (TPSA) is 61.4 Å². The average Bonchev–Trinajstić information content (AvgIpc) is 3.16. The molecule has 2 aromatic heterocycles. The molecule has 3 heterocycles. The predicted molar refractivity (Wildman–Crippen MR) is 137 cm³/mol. The molecule has 0 bridgehead atoms. The summed E-state index contributed by atoms with van der Waals surface area (Å²) in [6.07, 6.45) is 5.47. The number of thiophene rings is 1. The lowest BCUT2D eigenvalue weighted by atomic mass is 9.89. The van der Waals surface area contributed by atoms with Gasteiger partial charge in [0, 0.05) is 43.2 Å². The second-order valence-electron chi connectivity index (χ2n) is 9.52. The van der Waals surface area contributed by atoms with E-state index >= 15 is 0 Å². The quantitative estimate of drug-likeness (QED) is 0.560. The summed E-state index contributed by atoms with van der Waals surface area (Å²) in [5.74, 6) is 2.79. The lowest BCUT2D eigenvalue weighted by Crippen LogP contribution is -2.50. The van der Waals surface area contributed by atoms with Gasteiger partial charge < -0.3 is 15.1 Å². The molecule has 33 heavy (non-hydrogen) atoms. The second-order valence-corrected chi connectivity index (χ2v) is 10.6. The molecular weight excluding hydrogens is 430 g/mol. The average molecular weight is 464 g/mol. The summed E-state index contributed by atoms with van der Waals surface area (Å²) in [6.45, 7) is 9.53. The zero-order valence-electron chi connectivity index (χ0n) is 19.9. The monoisotopic (exact) mass is 463 g/mol. The number of fused-ring (bicyclic) bond motifs is 3. The summed E-state index contributed by atoms with van der Waals surface area (Å²) in [5.41, 5.74) is 3.47. The first kappa shape index (κ1) is 22.1. The van der Waals surface area contributed by atoms with Gasteiger partial charge in [0.1, 0.15) is 16.5 Å². The normalized spacial score (nSPS) is 18.5. The molecule has 7 heteroatoms. The number of aromatic nitrogens is 2. The van der Waals surface area contributed by atoms with Gasteiger partial charge in [-0.1, -0.05) is 26.0 Å². The number of nitrogens with zero attached hydrogens (tertiary/aromatic N) is 4. The van der Waals surface area contributed by atoms with Crippen LogP contribution in [-0.2, 0) is 19.3 Å². The van der Waals surface area contributed by atoms with Crippen LogP contribution in [0.25, 0.3) is 10.2 Å². The molecule has 1 fully saturated rings. The Morgan fingerprint density at radius 2 is 2.03 bits per heavy atom. The fourth-order valence-corrected chi connectivity index (χ4v) is 6.37. The van der Waals surface area contributed by atoms with E-state index in [4.69, 9.17) is 9.97 Å². The van der Waals surface area contributed by atoms with Gasteiger partial charge in [0.25, 0.3) is 0 Å². The molecule has 2 aliphatic rings. The summed E-state index contributed by atoms with van der Waals surface area (Å²) in [4.78, 5) is 29.8. The predicted octanol–water partition coefficient (Wildman–Crippen LogP) is 5.43. The molecule has 1 aliphatic heterocycles. The van der Waals surface area contributed by atoms with E-state index in [1.165, 1.54) is 22.2 Å². The summed E-state index contributed by atoms with van der Waals surface area (Å²) < 4.78 is 0. The van der Waals surface area contributed by atoms with Crippen molar-refractivity contribution in [3.8, 4) is 0 Å². The Kier molecular flexibility index (Phi) is 6.23. The number of hydrogen-bond donors (Lipinski definition) is 1.